The number of nitrogens with one attached hydrogen (secondary N) is 2. The van der Waals surface area contributed by atoms with Gasteiger partial charge in [-0.05, 0) is 49.7 Å². The van der Waals surface area contributed by atoms with Crippen molar-refractivity contribution in [2.45, 2.75) is 44.2 Å². The number of nitrogens with two attached hydrogens (primary N) is 1. The van der Waals surface area contributed by atoms with E-state index in [4.69, 9.17) is 5.73 Å². The number of rotatable bonds is 4. The number of carbonyl (C=O) groups is 2. The van der Waals surface area contributed by atoms with Crippen molar-refractivity contribution in [3.63, 3.8) is 0 Å². The van der Waals surface area contributed by atoms with Crippen LogP contribution in [0.15, 0.2) is 30.3 Å². The molecular formula is C18H26ClN3O2. The molecular weight excluding hydrogens is 326 g/mol. The predicted octanol–water partition coefficient (Wildman–Crippen LogP) is 1.86. The van der Waals surface area contributed by atoms with Crippen LogP contribution in [0.1, 0.15) is 42.5 Å². The highest BCUT2D eigenvalue weighted by Gasteiger charge is 2.39. The van der Waals surface area contributed by atoms with Gasteiger partial charge in [-0.3, -0.25) is 9.59 Å². The smallest absolute Gasteiger partial charge is 0.251 e. The van der Waals surface area contributed by atoms with Crippen molar-refractivity contribution < 1.29 is 9.59 Å². The van der Waals surface area contributed by atoms with E-state index in [-0.39, 0.29) is 42.8 Å². The van der Waals surface area contributed by atoms with E-state index < -0.39 is 0 Å². The first kappa shape index (κ1) is 18.7. The minimum atomic E-state index is -0.216. The molecule has 24 heavy (non-hydrogen) atoms. The molecule has 2 aliphatic carbocycles. The maximum atomic E-state index is 12.2. The van der Waals surface area contributed by atoms with E-state index >= 15 is 0 Å². The van der Waals surface area contributed by atoms with Crippen molar-refractivity contribution in [2.75, 3.05) is 6.54 Å². The summed E-state index contributed by atoms with van der Waals surface area (Å²) in [6, 6.07) is 9.44. The van der Waals surface area contributed by atoms with Crippen molar-refractivity contribution in [3.8, 4) is 0 Å². The third-order valence-corrected chi connectivity index (χ3v) is 5.15. The SMILES string of the molecule is Cl.NC1CC2CCCC(C1)C2NC(=O)CNC(=O)c1ccccc1. The van der Waals surface area contributed by atoms with E-state index in [1.165, 1.54) is 6.42 Å². The van der Waals surface area contributed by atoms with E-state index in [9.17, 15) is 9.59 Å². The molecule has 0 radical (unpaired) electrons. The Morgan fingerprint density at radius 1 is 1.08 bits per heavy atom. The molecule has 0 heterocycles. The molecule has 2 unspecified atom stereocenters. The van der Waals surface area contributed by atoms with Gasteiger partial charge in [-0.1, -0.05) is 24.6 Å². The summed E-state index contributed by atoms with van der Waals surface area (Å²) in [5.74, 6) is 0.663. The predicted molar refractivity (Wildman–Crippen MR) is 96.0 cm³/mol. The first-order chi connectivity index (χ1) is 11.1. The monoisotopic (exact) mass is 351 g/mol. The molecule has 2 atom stereocenters. The Hall–Kier alpha value is -1.59. The van der Waals surface area contributed by atoms with Crippen LogP contribution in [0.5, 0.6) is 0 Å². The third kappa shape index (κ3) is 4.48. The summed E-state index contributed by atoms with van der Waals surface area (Å²) in [6.07, 6.45) is 5.52. The summed E-state index contributed by atoms with van der Waals surface area (Å²) < 4.78 is 0. The zero-order valence-corrected chi connectivity index (χ0v) is 14.6. The zero-order valence-electron chi connectivity index (χ0n) is 13.7. The summed E-state index contributed by atoms with van der Waals surface area (Å²) in [6.45, 7) is 0.0235. The Bertz CT molecular complexity index is 553. The van der Waals surface area contributed by atoms with Crippen LogP contribution in [-0.2, 0) is 4.79 Å². The third-order valence-electron chi connectivity index (χ3n) is 5.15. The fourth-order valence-electron chi connectivity index (χ4n) is 4.11. The summed E-state index contributed by atoms with van der Waals surface area (Å²) in [5, 5.41) is 5.83. The zero-order chi connectivity index (χ0) is 16.2. The quantitative estimate of drug-likeness (QED) is 0.774. The van der Waals surface area contributed by atoms with Crippen molar-refractivity contribution >= 4 is 24.2 Å². The van der Waals surface area contributed by atoms with E-state index in [1.54, 1.807) is 24.3 Å². The van der Waals surface area contributed by atoms with Crippen molar-refractivity contribution in [1.29, 1.82) is 0 Å². The second-order valence-corrected chi connectivity index (χ2v) is 6.82. The van der Waals surface area contributed by atoms with Gasteiger partial charge in [-0.25, -0.2) is 0 Å². The number of carbonyl (C=O) groups excluding carboxylic acids is 2. The van der Waals surface area contributed by atoms with Gasteiger partial charge in [0.15, 0.2) is 0 Å². The molecule has 2 fully saturated rings. The molecule has 5 nitrogen and oxygen atoms in total. The largest absolute Gasteiger partial charge is 0.351 e. The van der Waals surface area contributed by atoms with Crippen LogP contribution >= 0.6 is 12.4 Å². The summed E-state index contributed by atoms with van der Waals surface area (Å²) in [5.41, 5.74) is 6.68. The van der Waals surface area contributed by atoms with Gasteiger partial charge in [0.05, 0.1) is 6.54 Å². The van der Waals surface area contributed by atoms with Crippen LogP contribution in [0.3, 0.4) is 0 Å². The fraction of sp³-hybridized carbons (Fsp3) is 0.556. The molecule has 2 aliphatic rings. The lowest BCUT2D eigenvalue weighted by molar-refractivity contribution is -0.122. The molecule has 2 bridgehead atoms. The Morgan fingerprint density at radius 2 is 1.71 bits per heavy atom. The highest BCUT2D eigenvalue weighted by molar-refractivity contribution is 5.96. The second-order valence-electron chi connectivity index (χ2n) is 6.82. The molecule has 4 N–H and O–H groups in total. The van der Waals surface area contributed by atoms with E-state index in [2.05, 4.69) is 10.6 Å². The van der Waals surface area contributed by atoms with Gasteiger partial charge in [-0.15, -0.1) is 12.4 Å². The minimum absolute atomic E-state index is 0. The number of benzene rings is 1. The van der Waals surface area contributed by atoms with E-state index in [1.807, 2.05) is 6.07 Å². The van der Waals surface area contributed by atoms with Crippen LogP contribution in [0, 0.1) is 11.8 Å². The van der Waals surface area contributed by atoms with Crippen LogP contribution in [0.25, 0.3) is 0 Å². The first-order valence-electron chi connectivity index (χ1n) is 8.51. The molecule has 0 spiro atoms. The molecule has 0 aromatic heterocycles. The molecule has 2 amide bonds. The molecule has 0 saturated heterocycles. The molecule has 1 aromatic rings. The average molecular weight is 352 g/mol. The minimum Gasteiger partial charge on any atom is -0.351 e. The number of hydrogen-bond acceptors (Lipinski definition) is 3. The number of halogens is 1. The summed E-state index contributed by atoms with van der Waals surface area (Å²) in [4.78, 5) is 24.2. The molecule has 6 heteroatoms. The number of hydrogen-bond donors (Lipinski definition) is 3. The van der Waals surface area contributed by atoms with E-state index in [0.29, 0.717) is 17.4 Å². The standard InChI is InChI=1S/C18H25N3O2.ClH/c19-15-9-13-7-4-8-14(10-15)17(13)21-16(22)11-20-18(23)12-5-2-1-3-6-12;/h1-3,5-6,13-15,17H,4,7-11,19H2,(H,20,23)(H,21,22);1H. The molecule has 2 saturated carbocycles. The Labute approximate surface area is 149 Å². The van der Waals surface area contributed by atoms with Gasteiger partial charge in [0.1, 0.15) is 0 Å². The normalized spacial score (nSPS) is 28.4. The maximum Gasteiger partial charge on any atom is 0.251 e. The Kier molecular flexibility index (Phi) is 6.63. The summed E-state index contributed by atoms with van der Waals surface area (Å²) in [7, 11) is 0. The molecule has 132 valence electrons. The second kappa shape index (κ2) is 8.49. The lowest BCUT2D eigenvalue weighted by Gasteiger charge is -2.45. The van der Waals surface area contributed by atoms with Gasteiger partial charge in [0, 0.05) is 17.6 Å². The van der Waals surface area contributed by atoms with Crippen LogP contribution < -0.4 is 16.4 Å². The van der Waals surface area contributed by atoms with Gasteiger partial charge in [0.2, 0.25) is 5.91 Å². The topological polar surface area (TPSA) is 84.2 Å². The van der Waals surface area contributed by atoms with Gasteiger partial charge in [-0.2, -0.15) is 0 Å². The van der Waals surface area contributed by atoms with Crippen LogP contribution in [0.2, 0.25) is 0 Å². The maximum absolute atomic E-state index is 12.2. The molecule has 0 aliphatic heterocycles. The van der Waals surface area contributed by atoms with Crippen molar-refractivity contribution in [1.82, 2.24) is 10.6 Å². The molecule has 3 rings (SSSR count). The van der Waals surface area contributed by atoms with Crippen molar-refractivity contribution in [2.24, 2.45) is 17.6 Å². The summed E-state index contributed by atoms with van der Waals surface area (Å²) >= 11 is 0. The number of fused-ring (bicyclic) bond motifs is 2. The average Bonchev–Trinajstić information content (AvgIpc) is 2.54. The fourth-order valence-corrected chi connectivity index (χ4v) is 4.11. The first-order valence-corrected chi connectivity index (χ1v) is 8.51. The Morgan fingerprint density at radius 3 is 2.33 bits per heavy atom. The van der Waals surface area contributed by atoms with Crippen molar-refractivity contribution in [3.05, 3.63) is 35.9 Å². The number of amides is 2. The Balaban J connectivity index is 0.00000208. The lowest BCUT2D eigenvalue weighted by Crippen LogP contribution is -2.55. The van der Waals surface area contributed by atoms with Crippen LogP contribution in [-0.4, -0.2) is 30.4 Å². The molecule has 1 aromatic carbocycles. The van der Waals surface area contributed by atoms with Crippen LogP contribution in [0.4, 0.5) is 0 Å². The van der Waals surface area contributed by atoms with E-state index in [0.717, 1.165) is 25.7 Å². The lowest BCUT2D eigenvalue weighted by atomic mass is 9.67. The van der Waals surface area contributed by atoms with Gasteiger partial charge >= 0.3 is 0 Å². The van der Waals surface area contributed by atoms with Gasteiger partial charge in [0.25, 0.3) is 5.91 Å². The highest BCUT2D eigenvalue weighted by atomic mass is 35.5. The van der Waals surface area contributed by atoms with Gasteiger partial charge < -0.3 is 16.4 Å². The highest BCUT2D eigenvalue weighted by Crippen LogP contribution is 2.39.